The Morgan fingerprint density at radius 3 is 2.53 bits per heavy atom. The van der Waals surface area contributed by atoms with Gasteiger partial charge in [0.1, 0.15) is 5.84 Å². The van der Waals surface area contributed by atoms with Gasteiger partial charge in [-0.25, -0.2) is 19.6 Å². The normalized spacial score (nSPS) is 27.9. The van der Waals surface area contributed by atoms with Crippen LogP contribution in [0.2, 0.25) is 0 Å². The van der Waals surface area contributed by atoms with E-state index in [4.69, 9.17) is 5.11 Å². The van der Waals surface area contributed by atoms with Crippen LogP contribution in [0.15, 0.2) is 9.98 Å². The average molecular weight is 238 g/mol. The second-order valence-corrected chi connectivity index (χ2v) is 3.90. The quantitative estimate of drug-likeness (QED) is 0.648. The number of aliphatic imine (C=N–C) groups is 2. The number of imide groups is 3. The first-order valence-corrected chi connectivity index (χ1v) is 4.80. The predicted octanol–water partition coefficient (Wildman–Crippen LogP) is 0.148. The van der Waals surface area contributed by atoms with E-state index in [9.17, 15) is 14.4 Å². The fourth-order valence-corrected chi connectivity index (χ4v) is 1.84. The van der Waals surface area contributed by atoms with Gasteiger partial charge in [-0.1, -0.05) is 0 Å². The van der Waals surface area contributed by atoms with Crippen LogP contribution < -0.4 is 0 Å². The smallest absolute Gasteiger partial charge is 0.422 e. The topological polar surface area (TPSA) is 103 Å². The summed E-state index contributed by atoms with van der Waals surface area (Å²) in [6, 6.07) is -0.928. The standard InChI is InChI=1S/C9H10N4O4/c1-4-10-5-6(14)13(8(16)17)7(15)12(3)9(5,2)11-4/h1-3H3,(H,16,17). The van der Waals surface area contributed by atoms with Gasteiger partial charge in [-0.15, -0.1) is 0 Å². The molecule has 2 aliphatic heterocycles. The Balaban J connectivity index is 2.56. The summed E-state index contributed by atoms with van der Waals surface area (Å²) in [5.74, 6) is -0.605. The van der Waals surface area contributed by atoms with E-state index in [1.165, 1.54) is 14.0 Å². The summed E-state index contributed by atoms with van der Waals surface area (Å²) in [7, 11) is 1.38. The number of amidine groups is 1. The second kappa shape index (κ2) is 3.12. The third-order valence-corrected chi connectivity index (χ3v) is 2.83. The zero-order valence-corrected chi connectivity index (χ0v) is 9.46. The zero-order chi connectivity index (χ0) is 13.0. The molecule has 1 N–H and O–H groups in total. The first-order chi connectivity index (χ1) is 7.79. The SMILES string of the molecule is CC1=NC2(C)C(=N1)C(=O)N(C(=O)O)C(=O)N2C. The predicted molar refractivity (Wildman–Crippen MR) is 57.0 cm³/mol. The zero-order valence-electron chi connectivity index (χ0n) is 9.46. The number of amides is 4. The van der Waals surface area contributed by atoms with Gasteiger partial charge in [0.05, 0.1) is 0 Å². The van der Waals surface area contributed by atoms with Crippen LogP contribution in [0.5, 0.6) is 0 Å². The van der Waals surface area contributed by atoms with Gasteiger partial charge in [0, 0.05) is 7.05 Å². The van der Waals surface area contributed by atoms with E-state index in [1.807, 2.05) is 0 Å². The highest BCUT2D eigenvalue weighted by atomic mass is 16.4. The van der Waals surface area contributed by atoms with Gasteiger partial charge in [0.25, 0.3) is 5.91 Å². The van der Waals surface area contributed by atoms with Gasteiger partial charge in [-0.05, 0) is 13.8 Å². The average Bonchev–Trinajstić information content (AvgIpc) is 2.52. The van der Waals surface area contributed by atoms with Crippen molar-refractivity contribution < 1.29 is 19.5 Å². The largest absolute Gasteiger partial charge is 0.464 e. The molecular weight excluding hydrogens is 228 g/mol. The van der Waals surface area contributed by atoms with E-state index in [0.29, 0.717) is 5.84 Å². The lowest BCUT2D eigenvalue weighted by Crippen LogP contribution is -2.66. The molecule has 1 saturated heterocycles. The number of carbonyl (C=O) groups excluding carboxylic acids is 2. The Morgan fingerprint density at radius 2 is 2.00 bits per heavy atom. The molecule has 1 unspecified atom stereocenters. The lowest BCUT2D eigenvalue weighted by Gasteiger charge is -2.39. The molecule has 90 valence electrons. The van der Waals surface area contributed by atoms with Crippen molar-refractivity contribution in [2.24, 2.45) is 9.98 Å². The summed E-state index contributed by atoms with van der Waals surface area (Å²) in [5, 5.41) is 8.83. The summed E-state index contributed by atoms with van der Waals surface area (Å²) in [6.45, 7) is 3.12. The molecule has 1 atom stereocenters. The Kier molecular flexibility index (Phi) is 2.07. The molecule has 0 aromatic rings. The van der Waals surface area contributed by atoms with Crippen LogP contribution in [-0.2, 0) is 4.79 Å². The molecule has 0 aliphatic carbocycles. The van der Waals surface area contributed by atoms with Gasteiger partial charge >= 0.3 is 12.1 Å². The third kappa shape index (κ3) is 1.26. The molecule has 2 rings (SSSR count). The van der Waals surface area contributed by atoms with Crippen molar-refractivity contribution in [2.45, 2.75) is 19.5 Å². The minimum atomic E-state index is -1.62. The first kappa shape index (κ1) is 11.2. The number of fused-ring (bicyclic) bond motifs is 1. The summed E-state index contributed by atoms with van der Waals surface area (Å²) < 4.78 is 0. The van der Waals surface area contributed by atoms with Crippen LogP contribution in [-0.4, -0.2) is 57.2 Å². The lowest BCUT2D eigenvalue weighted by atomic mass is 10.0. The first-order valence-electron chi connectivity index (χ1n) is 4.80. The van der Waals surface area contributed by atoms with E-state index in [-0.39, 0.29) is 10.6 Å². The lowest BCUT2D eigenvalue weighted by molar-refractivity contribution is -0.122. The molecular formula is C9H10N4O4. The van der Waals surface area contributed by atoms with Crippen LogP contribution >= 0.6 is 0 Å². The van der Waals surface area contributed by atoms with E-state index < -0.39 is 23.7 Å². The van der Waals surface area contributed by atoms with Crippen molar-refractivity contribution >= 4 is 29.6 Å². The molecule has 0 saturated carbocycles. The molecule has 2 aliphatic rings. The van der Waals surface area contributed by atoms with Crippen molar-refractivity contribution in [1.29, 1.82) is 0 Å². The van der Waals surface area contributed by atoms with Gasteiger partial charge in [0.2, 0.25) is 0 Å². The Morgan fingerprint density at radius 1 is 1.41 bits per heavy atom. The molecule has 1 fully saturated rings. The molecule has 4 amide bonds. The van der Waals surface area contributed by atoms with Crippen molar-refractivity contribution in [3.8, 4) is 0 Å². The van der Waals surface area contributed by atoms with E-state index >= 15 is 0 Å². The number of carbonyl (C=O) groups is 3. The molecule has 0 bridgehead atoms. The highest BCUT2D eigenvalue weighted by Gasteiger charge is 2.54. The second-order valence-electron chi connectivity index (χ2n) is 3.90. The van der Waals surface area contributed by atoms with E-state index in [0.717, 1.165) is 4.90 Å². The number of urea groups is 1. The molecule has 17 heavy (non-hydrogen) atoms. The van der Waals surface area contributed by atoms with Crippen molar-refractivity contribution in [3.63, 3.8) is 0 Å². The van der Waals surface area contributed by atoms with Crippen molar-refractivity contribution in [3.05, 3.63) is 0 Å². The van der Waals surface area contributed by atoms with Crippen LogP contribution in [0.25, 0.3) is 0 Å². The van der Waals surface area contributed by atoms with Crippen molar-refractivity contribution in [1.82, 2.24) is 9.80 Å². The monoisotopic (exact) mass is 238 g/mol. The molecule has 8 nitrogen and oxygen atoms in total. The van der Waals surface area contributed by atoms with Gasteiger partial charge < -0.3 is 5.11 Å². The minimum Gasteiger partial charge on any atom is -0.464 e. The highest BCUT2D eigenvalue weighted by Crippen LogP contribution is 2.29. The number of carboxylic acid groups (broad SMARTS) is 1. The Labute approximate surface area is 96.2 Å². The number of nitrogens with zero attached hydrogens (tertiary/aromatic N) is 4. The van der Waals surface area contributed by atoms with Crippen LogP contribution in [0.1, 0.15) is 13.8 Å². The number of rotatable bonds is 0. The number of hydrogen-bond acceptors (Lipinski definition) is 5. The molecule has 0 aromatic carbocycles. The molecule has 2 heterocycles. The van der Waals surface area contributed by atoms with Gasteiger partial charge in [-0.3, -0.25) is 9.69 Å². The maximum Gasteiger partial charge on any atom is 0.422 e. The fraction of sp³-hybridized carbons (Fsp3) is 0.444. The molecule has 8 heteroatoms. The fourth-order valence-electron chi connectivity index (χ4n) is 1.84. The summed E-state index contributed by atoms with van der Waals surface area (Å²) >= 11 is 0. The maximum absolute atomic E-state index is 11.8. The highest BCUT2D eigenvalue weighted by molar-refractivity contribution is 6.50. The maximum atomic E-state index is 11.8. The number of hydrogen-bond donors (Lipinski definition) is 1. The Bertz CT molecular complexity index is 509. The third-order valence-electron chi connectivity index (χ3n) is 2.83. The Hall–Kier alpha value is -2.25. The summed E-state index contributed by atoms with van der Waals surface area (Å²) in [5.41, 5.74) is -1.26. The molecule has 0 radical (unpaired) electrons. The minimum absolute atomic E-state index is 0.0560. The van der Waals surface area contributed by atoms with Crippen LogP contribution in [0, 0.1) is 0 Å². The van der Waals surface area contributed by atoms with Crippen molar-refractivity contribution in [2.75, 3.05) is 7.05 Å². The summed E-state index contributed by atoms with van der Waals surface area (Å²) in [4.78, 5) is 43.7. The van der Waals surface area contributed by atoms with Crippen LogP contribution in [0.3, 0.4) is 0 Å². The van der Waals surface area contributed by atoms with E-state index in [1.54, 1.807) is 6.92 Å². The molecule has 0 aromatic heterocycles. The van der Waals surface area contributed by atoms with Crippen LogP contribution in [0.4, 0.5) is 9.59 Å². The van der Waals surface area contributed by atoms with E-state index in [2.05, 4.69) is 9.98 Å². The van der Waals surface area contributed by atoms with Gasteiger partial charge in [0.15, 0.2) is 11.4 Å². The van der Waals surface area contributed by atoms with Gasteiger partial charge in [-0.2, -0.15) is 4.90 Å². The summed E-state index contributed by atoms with van der Waals surface area (Å²) in [6.07, 6.45) is -1.62. The molecule has 0 spiro atoms.